The van der Waals surface area contributed by atoms with Crippen molar-refractivity contribution < 1.29 is 46.5 Å². The highest BCUT2D eigenvalue weighted by atomic mass is 35.5. The molecule has 2 aliphatic rings. The number of rotatable bonds is 16. The average Bonchev–Trinajstić information content (AvgIpc) is 3.96. The first-order valence-corrected chi connectivity index (χ1v) is 16.9. The first-order valence-electron chi connectivity index (χ1n) is 16.5. The van der Waals surface area contributed by atoms with E-state index in [1.54, 1.807) is 17.0 Å². The molecule has 272 valence electrons. The molecule has 0 saturated heterocycles. The number of hydrogen-bond acceptors (Lipinski definition) is 7. The van der Waals surface area contributed by atoms with Gasteiger partial charge in [0.1, 0.15) is 5.82 Å². The van der Waals surface area contributed by atoms with E-state index >= 15 is 0 Å². The van der Waals surface area contributed by atoms with E-state index in [4.69, 9.17) is 21.1 Å². The maximum atomic E-state index is 14.8. The van der Waals surface area contributed by atoms with Gasteiger partial charge in [-0.1, -0.05) is 48.0 Å². The zero-order chi connectivity index (χ0) is 36.5. The summed E-state index contributed by atoms with van der Waals surface area (Å²) >= 11 is 6.33. The molecule has 1 aliphatic heterocycles. The molecule has 3 aromatic rings. The summed E-state index contributed by atoms with van der Waals surface area (Å²) in [5.74, 6) is -5.98. The summed E-state index contributed by atoms with van der Waals surface area (Å²) in [5, 5.41) is 9.64. The summed E-state index contributed by atoms with van der Waals surface area (Å²) in [7, 11) is 0. The number of carbonyl (C=O) groups excluding carboxylic acids is 2. The fourth-order valence-electron chi connectivity index (χ4n) is 5.80. The molecule has 3 aromatic carbocycles. The molecule has 1 unspecified atom stereocenters. The number of benzene rings is 3. The van der Waals surface area contributed by atoms with Crippen LogP contribution >= 0.6 is 11.6 Å². The molecule has 10 nitrogen and oxygen atoms in total. The van der Waals surface area contributed by atoms with Crippen LogP contribution in [0, 0.1) is 39.3 Å². The van der Waals surface area contributed by atoms with Crippen molar-refractivity contribution in [3.05, 3.63) is 116 Å². The minimum absolute atomic E-state index is 0.00416. The summed E-state index contributed by atoms with van der Waals surface area (Å²) < 4.78 is 66.6. The molecule has 2 amide bonds. The molecule has 0 bridgehead atoms. The maximum Gasteiger partial charge on any atom is 0.410 e. The highest BCUT2D eigenvalue weighted by Gasteiger charge is 2.40. The lowest BCUT2D eigenvalue weighted by atomic mass is 9.87. The second-order valence-electron chi connectivity index (χ2n) is 12.2. The van der Waals surface area contributed by atoms with Crippen LogP contribution in [-0.4, -0.2) is 65.8 Å². The Labute approximate surface area is 296 Å². The topological polar surface area (TPSA) is 111 Å². The van der Waals surface area contributed by atoms with Crippen molar-refractivity contribution in [1.29, 1.82) is 0 Å². The minimum atomic E-state index is -1.38. The fourth-order valence-corrected chi connectivity index (χ4v) is 6.02. The van der Waals surface area contributed by atoms with Crippen LogP contribution in [0.2, 0.25) is 5.02 Å². The van der Waals surface area contributed by atoms with E-state index in [0.717, 1.165) is 30.0 Å². The molecule has 5 rings (SSSR count). The van der Waals surface area contributed by atoms with Crippen molar-refractivity contribution in [3.8, 4) is 5.75 Å². The number of aryl methyl sites for hydroxylation is 1. The van der Waals surface area contributed by atoms with Crippen molar-refractivity contribution in [3.63, 3.8) is 0 Å². The Balaban J connectivity index is 1.28. The molecule has 1 saturated carbocycles. The molecule has 0 radical (unpaired) electrons. The van der Waals surface area contributed by atoms with Gasteiger partial charge in [0.05, 0.1) is 32.3 Å². The SMILES string of the molecule is O=C(OCCCCO[N+](=O)[O-])N1CC=C(c2ccc(CCCOc3c(F)ccc(F)c3F)cc2)C(C(=O)N(Cc2c(F)cccc2Cl)C2CC2)C1. The van der Waals surface area contributed by atoms with Gasteiger partial charge in [0.2, 0.25) is 11.7 Å². The molecule has 1 atom stereocenters. The van der Waals surface area contributed by atoms with Crippen LogP contribution < -0.4 is 4.74 Å². The quantitative estimate of drug-likeness (QED) is 0.0492. The molecule has 1 heterocycles. The monoisotopic (exact) mass is 733 g/mol. The van der Waals surface area contributed by atoms with Crippen LogP contribution in [0.4, 0.5) is 22.4 Å². The molecular weight excluding hydrogens is 698 g/mol. The van der Waals surface area contributed by atoms with Crippen molar-refractivity contribution >= 4 is 29.2 Å². The largest absolute Gasteiger partial charge is 0.488 e. The van der Waals surface area contributed by atoms with Crippen LogP contribution in [0.3, 0.4) is 0 Å². The smallest absolute Gasteiger partial charge is 0.410 e. The summed E-state index contributed by atoms with van der Waals surface area (Å²) in [4.78, 5) is 45.0. The first kappa shape index (κ1) is 37.4. The number of halogens is 5. The third-order valence-electron chi connectivity index (χ3n) is 8.63. The van der Waals surface area contributed by atoms with Crippen LogP contribution in [0.5, 0.6) is 5.75 Å². The number of carbonyl (C=O) groups is 2. The Morgan fingerprint density at radius 3 is 2.35 bits per heavy atom. The van der Waals surface area contributed by atoms with Gasteiger partial charge in [0.25, 0.3) is 5.09 Å². The van der Waals surface area contributed by atoms with Crippen molar-refractivity contribution in [2.24, 2.45) is 5.92 Å². The Bertz CT molecular complexity index is 1740. The third kappa shape index (κ3) is 9.90. The normalized spacial score (nSPS) is 15.6. The molecule has 0 N–H and O–H groups in total. The lowest BCUT2D eigenvalue weighted by Crippen LogP contribution is -2.47. The average molecular weight is 734 g/mol. The summed E-state index contributed by atoms with van der Waals surface area (Å²) in [6, 6.07) is 13.1. The standard InChI is InChI=1S/C36H36ClF4N3O7/c37-29-6-3-7-30(38)28(29)22-43(25-12-13-25)35(45)27-21-42(36(46)50-18-1-2-20-51-44(47)48)17-16-26(27)24-10-8-23(9-11-24)5-4-19-49-34-32(40)15-14-31(39)33(34)41/h3,6-11,14-16,25,27H,1-2,4-5,12-13,17-22H2. The third-order valence-corrected chi connectivity index (χ3v) is 8.99. The van der Waals surface area contributed by atoms with Crippen molar-refractivity contribution in [1.82, 2.24) is 9.80 Å². The molecule has 0 spiro atoms. The van der Waals surface area contributed by atoms with Gasteiger partial charge in [-0.25, -0.2) is 18.0 Å². The Morgan fingerprint density at radius 1 is 0.922 bits per heavy atom. The van der Waals surface area contributed by atoms with Gasteiger partial charge in [-0.2, -0.15) is 4.39 Å². The number of ether oxygens (including phenoxy) is 2. The van der Waals surface area contributed by atoms with Gasteiger partial charge in [-0.05, 0) is 79.5 Å². The van der Waals surface area contributed by atoms with Crippen LogP contribution in [0.25, 0.3) is 5.57 Å². The van der Waals surface area contributed by atoms with Crippen LogP contribution in [0.15, 0.2) is 60.7 Å². The van der Waals surface area contributed by atoms with Crippen molar-refractivity contribution in [2.75, 3.05) is 32.9 Å². The van der Waals surface area contributed by atoms with Crippen LogP contribution in [0.1, 0.15) is 48.8 Å². The number of hydrogen-bond donors (Lipinski definition) is 0. The van der Waals surface area contributed by atoms with Gasteiger partial charge >= 0.3 is 6.09 Å². The lowest BCUT2D eigenvalue weighted by Gasteiger charge is -2.35. The van der Waals surface area contributed by atoms with Gasteiger partial charge < -0.3 is 24.1 Å². The predicted molar refractivity (Wildman–Crippen MR) is 178 cm³/mol. The maximum absolute atomic E-state index is 14.8. The highest BCUT2D eigenvalue weighted by Crippen LogP contribution is 2.36. The number of nitrogens with zero attached hydrogens (tertiary/aromatic N) is 3. The van der Waals surface area contributed by atoms with Gasteiger partial charge in [0.15, 0.2) is 17.4 Å². The molecule has 1 aliphatic carbocycles. The van der Waals surface area contributed by atoms with E-state index in [1.165, 1.54) is 17.0 Å². The number of amides is 2. The van der Waals surface area contributed by atoms with E-state index in [1.807, 2.05) is 24.3 Å². The van der Waals surface area contributed by atoms with E-state index in [2.05, 4.69) is 4.84 Å². The molecule has 1 fully saturated rings. The van der Waals surface area contributed by atoms with E-state index in [0.29, 0.717) is 37.3 Å². The van der Waals surface area contributed by atoms with Crippen LogP contribution in [-0.2, 0) is 27.3 Å². The molecule has 15 heteroatoms. The first-order chi connectivity index (χ1) is 24.5. The van der Waals surface area contributed by atoms with Gasteiger partial charge in [-0.3, -0.25) is 4.79 Å². The van der Waals surface area contributed by atoms with Crippen molar-refractivity contribution in [2.45, 2.75) is 51.1 Å². The molecular formula is C36H36ClF4N3O7. The zero-order valence-corrected chi connectivity index (χ0v) is 28.3. The molecule has 0 aromatic heterocycles. The second-order valence-corrected chi connectivity index (χ2v) is 12.6. The predicted octanol–water partition coefficient (Wildman–Crippen LogP) is 7.54. The van der Waals surface area contributed by atoms with E-state index in [-0.39, 0.29) is 62.0 Å². The Morgan fingerprint density at radius 2 is 1.65 bits per heavy atom. The summed E-state index contributed by atoms with van der Waals surface area (Å²) in [6.45, 7) is -0.0699. The lowest BCUT2D eigenvalue weighted by molar-refractivity contribution is -0.757. The summed E-state index contributed by atoms with van der Waals surface area (Å²) in [6.07, 6.45) is 4.13. The Hall–Kier alpha value is -4.85. The van der Waals surface area contributed by atoms with E-state index < -0.39 is 46.1 Å². The fraction of sp³-hybridized carbons (Fsp3) is 0.389. The van der Waals surface area contributed by atoms with E-state index in [9.17, 15) is 37.3 Å². The highest BCUT2D eigenvalue weighted by molar-refractivity contribution is 6.31. The minimum Gasteiger partial charge on any atom is -0.488 e. The Kier molecular flexibility index (Phi) is 12.8. The second kappa shape index (κ2) is 17.4. The molecule has 51 heavy (non-hydrogen) atoms. The zero-order valence-electron chi connectivity index (χ0n) is 27.5. The summed E-state index contributed by atoms with van der Waals surface area (Å²) in [5.41, 5.74) is 2.49. The van der Waals surface area contributed by atoms with Gasteiger partial charge in [0, 0.05) is 29.7 Å². The number of unbranched alkanes of at least 4 members (excludes halogenated alkanes) is 1. The van der Waals surface area contributed by atoms with Gasteiger partial charge in [-0.15, -0.1) is 10.1 Å².